The summed E-state index contributed by atoms with van der Waals surface area (Å²) in [6.45, 7) is 0.272. The number of benzene rings is 1. The van der Waals surface area contributed by atoms with Crippen LogP contribution < -0.4 is 4.74 Å². The minimum atomic E-state index is -1.03. The number of halogens is 2. The lowest BCUT2D eigenvalue weighted by Gasteiger charge is -2.08. The van der Waals surface area contributed by atoms with Crippen LogP contribution in [0.3, 0.4) is 0 Å². The zero-order valence-electron chi connectivity index (χ0n) is 9.64. The van der Waals surface area contributed by atoms with Crippen molar-refractivity contribution in [3.05, 3.63) is 57.8 Å². The minimum absolute atomic E-state index is 0.115. The third-order valence-electron chi connectivity index (χ3n) is 2.36. The monoisotopic (exact) mass is 297 g/mol. The van der Waals surface area contributed by atoms with Crippen LogP contribution in [0.5, 0.6) is 5.75 Å². The van der Waals surface area contributed by atoms with Gasteiger partial charge in [0.05, 0.1) is 10.6 Å². The molecule has 19 heavy (non-hydrogen) atoms. The third-order valence-corrected chi connectivity index (χ3v) is 2.87. The number of aromatic carboxylic acids is 1. The SMILES string of the molecule is O=C(O)c1ccc(OCc2ccnc(Cl)c2)c(Cl)c1. The molecule has 6 heteroatoms. The Kier molecular flexibility index (Phi) is 4.24. The summed E-state index contributed by atoms with van der Waals surface area (Å²) in [6.07, 6.45) is 1.58. The van der Waals surface area contributed by atoms with Gasteiger partial charge in [-0.3, -0.25) is 0 Å². The summed E-state index contributed by atoms with van der Waals surface area (Å²) in [5, 5.41) is 9.45. The zero-order valence-corrected chi connectivity index (χ0v) is 11.1. The molecule has 98 valence electrons. The van der Waals surface area contributed by atoms with Crippen LogP contribution in [0, 0.1) is 0 Å². The van der Waals surface area contributed by atoms with Gasteiger partial charge in [0.15, 0.2) is 0 Å². The van der Waals surface area contributed by atoms with Crippen LogP contribution in [0.1, 0.15) is 15.9 Å². The number of rotatable bonds is 4. The molecule has 2 aromatic rings. The molecule has 0 radical (unpaired) electrons. The summed E-state index contributed by atoms with van der Waals surface area (Å²) in [4.78, 5) is 14.6. The van der Waals surface area contributed by atoms with E-state index in [1.54, 1.807) is 18.3 Å². The van der Waals surface area contributed by atoms with Crippen molar-refractivity contribution in [1.29, 1.82) is 0 Å². The summed E-state index contributed by atoms with van der Waals surface area (Å²) in [6, 6.07) is 7.75. The predicted octanol–water partition coefficient (Wildman–Crippen LogP) is 3.67. The Morgan fingerprint density at radius 2 is 2.05 bits per heavy atom. The van der Waals surface area contributed by atoms with Crippen LogP contribution in [-0.2, 0) is 6.61 Å². The quantitative estimate of drug-likeness (QED) is 0.875. The van der Waals surface area contributed by atoms with Crippen LogP contribution in [0.25, 0.3) is 0 Å². The number of aromatic nitrogens is 1. The van der Waals surface area contributed by atoms with Crippen molar-refractivity contribution in [1.82, 2.24) is 4.98 Å². The molecule has 0 bridgehead atoms. The Morgan fingerprint density at radius 1 is 1.26 bits per heavy atom. The molecular weight excluding hydrogens is 289 g/mol. The molecule has 1 heterocycles. The molecule has 1 N–H and O–H groups in total. The maximum Gasteiger partial charge on any atom is 0.335 e. The van der Waals surface area contributed by atoms with Gasteiger partial charge >= 0.3 is 5.97 Å². The number of carboxylic acids is 1. The van der Waals surface area contributed by atoms with E-state index in [-0.39, 0.29) is 17.2 Å². The molecule has 0 fully saturated rings. The van der Waals surface area contributed by atoms with Crippen molar-refractivity contribution in [3.8, 4) is 5.75 Å². The van der Waals surface area contributed by atoms with Crippen molar-refractivity contribution < 1.29 is 14.6 Å². The van der Waals surface area contributed by atoms with Gasteiger partial charge in [-0.05, 0) is 35.9 Å². The second-order valence-corrected chi connectivity index (χ2v) is 4.52. The Morgan fingerprint density at radius 3 is 2.68 bits per heavy atom. The number of nitrogens with zero attached hydrogens (tertiary/aromatic N) is 1. The lowest BCUT2D eigenvalue weighted by Crippen LogP contribution is -1.99. The molecule has 1 aromatic heterocycles. The molecule has 4 nitrogen and oxygen atoms in total. The average Bonchev–Trinajstić information content (AvgIpc) is 2.37. The van der Waals surface area contributed by atoms with Gasteiger partial charge in [0.2, 0.25) is 0 Å². The van der Waals surface area contributed by atoms with Crippen LogP contribution in [0.4, 0.5) is 0 Å². The van der Waals surface area contributed by atoms with Crippen molar-refractivity contribution in [2.75, 3.05) is 0 Å². The molecule has 0 aliphatic carbocycles. The highest BCUT2D eigenvalue weighted by atomic mass is 35.5. The standard InChI is InChI=1S/C13H9Cl2NO3/c14-10-6-9(13(17)18)1-2-11(10)19-7-8-3-4-16-12(15)5-8/h1-6H,7H2,(H,17,18). The zero-order chi connectivity index (χ0) is 13.8. The van der Waals surface area contributed by atoms with Crippen LogP contribution in [0.2, 0.25) is 10.2 Å². The lowest BCUT2D eigenvalue weighted by atomic mass is 10.2. The Labute approximate surface area is 119 Å². The first-order valence-corrected chi connectivity index (χ1v) is 6.08. The van der Waals surface area contributed by atoms with Crippen molar-refractivity contribution >= 4 is 29.2 Å². The Bertz CT molecular complexity index is 617. The van der Waals surface area contributed by atoms with E-state index < -0.39 is 5.97 Å². The van der Waals surface area contributed by atoms with Crippen LogP contribution >= 0.6 is 23.2 Å². The maximum atomic E-state index is 10.8. The van der Waals surface area contributed by atoms with Gasteiger partial charge in [0.25, 0.3) is 0 Å². The number of carboxylic acid groups (broad SMARTS) is 1. The fourth-order valence-electron chi connectivity index (χ4n) is 1.44. The first-order chi connectivity index (χ1) is 9.06. The fraction of sp³-hybridized carbons (Fsp3) is 0.0769. The molecule has 0 atom stereocenters. The van der Waals surface area contributed by atoms with Crippen LogP contribution in [0.15, 0.2) is 36.5 Å². The fourth-order valence-corrected chi connectivity index (χ4v) is 1.88. The summed E-state index contributed by atoms with van der Waals surface area (Å²) in [5.74, 6) is -0.617. The first kappa shape index (κ1) is 13.6. The smallest absolute Gasteiger partial charge is 0.335 e. The second kappa shape index (κ2) is 5.91. The van der Waals surface area contributed by atoms with E-state index in [0.29, 0.717) is 10.9 Å². The normalized spacial score (nSPS) is 10.2. The molecule has 0 aliphatic heterocycles. The van der Waals surface area contributed by atoms with Gasteiger partial charge in [-0.15, -0.1) is 0 Å². The molecule has 0 saturated heterocycles. The summed E-state index contributed by atoms with van der Waals surface area (Å²) in [5.41, 5.74) is 0.961. The van der Waals surface area contributed by atoms with E-state index in [1.807, 2.05) is 0 Å². The van der Waals surface area contributed by atoms with Gasteiger partial charge < -0.3 is 9.84 Å². The summed E-state index contributed by atoms with van der Waals surface area (Å²) in [7, 11) is 0. The highest BCUT2D eigenvalue weighted by Crippen LogP contribution is 2.26. The van der Waals surface area contributed by atoms with E-state index in [4.69, 9.17) is 33.0 Å². The summed E-state index contributed by atoms with van der Waals surface area (Å²) < 4.78 is 5.50. The van der Waals surface area contributed by atoms with Crippen molar-refractivity contribution in [3.63, 3.8) is 0 Å². The lowest BCUT2D eigenvalue weighted by molar-refractivity contribution is 0.0697. The molecule has 0 unspecified atom stereocenters. The molecule has 0 amide bonds. The number of carbonyl (C=O) groups is 1. The Hall–Kier alpha value is -1.78. The Balaban J connectivity index is 2.10. The van der Waals surface area contributed by atoms with Gasteiger partial charge in [-0.1, -0.05) is 23.2 Å². The van der Waals surface area contributed by atoms with E-state index >= 15 is 0 Å². The van der Waals surface area contributed by atoms with E-state index in [1.165, 1.54) is 18.2 Å². The molecule has 1 aromatic carbocycles. The molecule has 0 aliphatic rings. The van der Waals surface area contributed by atoms with Gasteiger partial charge in [0.1, 0.15) is 17.5 Å². The highest BCUT2D eigenvalue weighted by molar-refractivity contribution is 6.32. The number of hydrogen-bond acceptors (Lipinski definition) is 3. The topological polar surface area (TPSA) is 59.4 Å². The molecule has 2 rings (SSSR count). The largest absolute Gasteiger partial charge is 0.487 e. The van der Waals surface area contributed by atoms with Crippen molar-refractivity contribution in [2.45, 2.75) is 6.61 Å². The van der Waals surface area contributed by atoms with E-state index in [0.717, 1.165) is 5.56 Å². The van der Waals surface area contributed by atoms with E-state index in [9.17, 15) is 4.79 Å². The molecule has 0 spiro atoms. The van der Waals surface area contributed by atoms with Gasteiger partial charge in [-0.2, -0.15) is 0 Å². The van der Waals surface area contributed by atoms with Gasteiger partial charge in [-0.25, -0.2) is 9.78 Å². The van der Waals surface area contributed by atoms with Crippen LogP contribution in [-0.4, -0.2) is 16.1 Å². The summed E-state index contributed by atoms with van der Waals surface area (Å²) >= 11 is 11.7. The highest BCUT2D eigenvalue weighted by Gasteiger charge is 2.08. The third kappa shape index (κ3) is 3.59. The van der Waals surface area contributed by atoms with Gasteiger partial charge in [0, 0.05) is 6.20 Å². The van der Waals surface area contributed by atoms with Crippen molar-refractivity contribution in [2.24, 2.45) is 0 Å². The number of ether oxygens (including phenoxy) is 1. The number of hydrogen-bond donors (Lipinski definition) is 1. The average molecular weight is 298 g/mol. The number of pyridine rings is 1. The molecular formula is C13H9Cl2NO3. The molecule has 0 saturated carbocycles. The van der Waals surface area contributed by atoms with E-state index in [2.05, 4.69) is 4.98 Å². The maximum absolute atomic E-state index is 10.8. The minimum Gasteiger partial charge on any atom is -0.487 e. The first-order valence-electron chi connectivity index (χ1n) is 5.32. The second-order valence-electron chi connectivity index (χ2n) is 3.73. The predicted molar refractivity (Wildman–Crippen MR) is 72.0 cm³/mol.